The van der Waals surface area contributed by atoms with E-state index in [2.05, 4.69) is 66.7 Å². The number of aromatic nitrogens is 5. The first kappa shape index (κ1) is 20.0. The van der Waals surface area contributed by atoms with Gasteiger partial charge in [-0.3, -0.25) is 10.00 Å². The number of fused-ring (bicyclic) bond motifs is 1. The van der Waals surface area contributed by atoms with Crippen molar-refractivity contribution in [3.05, 3.63) is 53.2 Å². The minimum atomic E-state index is 0.601. The number of nitrogens with zero attached hydrogens (tertiary/aromatic N) is 6. The number of rotatable bonds is 5. The molecule has 0 saturated carbocycles. The SMILES string of the molecule is CN1CCN(Cc2ccc(-c3nc(Nc4ccc5[nH]ncc5c4Cl)n(C)n3)cc2)CC1. The van der Waals surface area contributed by atoms with Crippen LogP contribution in [0.5, 0.6) is 0 Å². The molecule has 8 nitrogen and oxygen atoms in total. The van der Waals surface area contributed by atoms with Crippen LogP contribution in [0.3, 0.4) is 0 Å². The molecule has 0 bridgehead atoms. The molecule has 160 valence electrons. The van der Waals surface area contributed by atoms with Crippen LogP contribution in [0.15, 0.2) is 42.6 Å². The van der Waals surface area contributed by atoms with E-state index in [1.807, 2.05) is 19.2 Å². The Labute approximate surface area is 185 Å². The van der Waals surface area contributed by atoms with Gasteiger partial charge in [0, 0.05) is 50.7 Å². The lowest BCUT2D eigenvalue weighted by Crippen LogP contribution is -2.43. The fourth-order valence-electron chi connectivity index (χ4n) is 3.84. The van der Waals surface area contributed by atoms with E-state index in [-0.39, 0.29) is 0 Å². The van der Waals surface area contributed by atoms with Gasteiger partial charge in [-0.05, 0) is 24.7 Å². The maximum Gasteiger partial charge on any atom is 0.225 e. The van der Waals surface area contributed by atoms with Gasteiger partial charge in [-0.2, -0.15) is 10.1 Å². The van der Waals surface area contributed by atoms with Crippen LogP contribution >= 0.6 is 11.6 Å². The van der Waals surface area contributed by atoms with Crippen molar-refractivity contribution >= 4 is 34.1 Å². The Bertz CT molecular complexity index is 1190. The lowest BCUT2D eigenvalue weighted by atomic mass is 10.1. The molecule has 3 heterocycles. The first-order valence-electron chi connectivity index (χ1n) is 10.4. The summed E-state index contributed by atoms with van der Waals surface area (Å²) in [6.07, 6.45) is 1.72. The second-order valence-corrected chi connectivity index (χ2v) is 8.42. The molecule has 2 N–H and O–H groups in total. The summed E-state index contributed by atoms with van der Waals surface area (Å²) < 4.78 is 1.73. The van der Waals surface area contributed by atoms with Crippen LogP contribution in [-0.2, 0) is 13.6 Å². The van der Waals surface area contributed by atoms with Crippen molar-refractivity contribution in [1.29, 1.82) is 0 Å². The number of hydrogen-bond acceptors (Lipinski definition) is 6. The fourth-order valence-corrected chi connectivity index (χ4v) is 4.10. The van der Waals surface area contributed by atoms with Crippen LogP contribution in [0, 0.1) is 0 Å². The van der Waals surface area contributed by atoms with Crippen molar-refractivity contribution in [3.8, 4) is 11.4 Å². The number of aryl methyl sites for hydroxylation is 1. The van der Waals surface area contributed by atoms with Crippen molar-refractivity contribution in [1.82, 2.24) is 34.8 Å². The second kappa shape index (κ2) is 8.30. The van der Waals surface area contributed by atoms with E-state index in [1.165, 1.54) is 5.56 Å². The highest BCUT2D eigenvalue weighted by Gasteiger charge is 2.15. The minimum absolute atomic E-state index is 0.601. The summed E-state index contributed by atoms with van der Waals surface area (Å²) >= 11 is 6.53. The van der Waals surface area contributed by atoms with E-state index in [4.69, 9.17) is 11.6 Å². The molecule has 0 spiro atoms. The predicted molar refractivity (Wildman–Crippen MR) is 124 cm³/mol. The summed E-state index contributed by atoms with van der Waals surface area (Å²) in [5.41, 5.74) is 3.95. The third-order valence-corrected chi connectivity index (χ3v) is 6.19. The Morgan fingerprint density at radius 1 is 1.03 bits per heavy atom. The van der Waals surface area contributed by atoms with E-state index in [0.29, 0.717) is 16.8 Å². The van der Waals surface area contributed by atoms with Gasteiger partial charge in [0.2, 0.25) is 5.95 Å². The van der Waals surface area contributed by atoms with Gasteiger partial charge >= 0.3 is 0 Å². The van der Waals surface area contributed by atoms with Gasteiger partial charge in [0.05, 0.1) is 22.4 Å². The number of halogens is 1. The average Bonchev–Trinajstić information content (AvgIpc) is 3.40. The van der Waals surface area contributed by atoms with Gasteiger partial charge in [-0.25, -0.2) is 4.68 Å². The number of aromatic amines is 1. The molecule has 0 amide bonds. The Morgan fingerprint density at radius 3 is 2.58 bits per heavy atom. The van der Waals surface area contributed by atoms with E-state index in [0.717, 1.165) is 54.9 Å². The summed E-state index contributed by atoms with van der Waals surface area (Å²) in [6.45, 7) is 5.46. The quantitative estimate of drug-likeness (QED) is 0.498. The Hall–Kier alpha value is -2.94. The molecule has 4 aromatic rings. The number of piperazine rings is 1. The molecular weight excluding hydrogens is 412 g/mol. The number of benzene rings is 2. The normalized spacial score (nSPS) is 15.6. The molecule has 0 unspecified atom stereocenters. The molecule has 1 aliphatic heterocycles. The van der Waals surface area contributed by atoms with Crippen LogP contribution in [0.4, 0.5) is 11.6 Å². The molecule has 1 aliphatic rings. The summed E-state index contributed by atoms with van der Waals surface area (Å²) in [4.78, 5) is 9.55. The number of nitrogens with one attached hydrogen (secondary N) is 2. The molecule has 9 heteroatoms. The molecular formula is C22H25ClN8. The van der Waals surface area contributed by atoms with Gasteiger partial charge in [0.1, 0.15) is 0 Å². The third kappa shape index (κ3) is 4.14. The first-order chi connectivity index (χ1) is 15.1. The van der Waals surface area contributed by atoms with E-state index >= 15 is 0 Å². The van der Waals surface area contributed by atoms with E-state index < -0.39 is 0 Å². The monoisotopic (exact) mass is 436 g/mol. The van der Waals surface area contributed by atoms with Gasteiger partial charge in [-0.1, -0.05) is 35.9 Å². The average molecular weight is 437 g/mol. The maximum absolute atomic E-state index is 6.53. The van der Waals surface area contributed by atoms with Crippen molar-refractivity contribution in [2.24, 2.45) is 7.05 Å². The minimum Gasteiger partial charge on any atom is -0.323 e. The molecule has 2 aromatic heterocycles. The van der Waals surface area contributed by atoms with Crippen LogP contribution < -0.4 is 5.32 Å². The summed E-state index contributed by atoms with van der Waals surface area (Å²) in [7, 11) is 4.05. The molecule has 5 rings (SSSR count). The van der Waals surface area contributed by atoms with Crippen molar-refractivity contribution in [3.63, 3.8) is 0 Å². The van der Waals surface area contributed by atoms with Crippen LogP contribution in [0.1, 0.15) is 5.56 Å². The van der Waals surface area contributed by atoms with Crippen molar-refractivity contribution in [2.45, 2.75) is 6.54 Å². The second-order valence-electron chi connectivity index (χ2n) is 8.04. The number of H-pyrrole nitrogens is 1. The molecule has 31 heavy (non-hydrogen) atoms. The molecule has 0 radical (unpaired) electrons. The first-order valence-corrected chi connectivity index (χ1v) is 10.7. The summed E-state index contributed by atoms with van der Waals surface area (Å²) in [5, 5.41) is 16.3. The zero-order valence-electron chi connectivity index (χ0n) is 17.6. The highest BCUT2D eigenvalue weighted by atomic mass is 35.5. The molecule has 2 aromatic carbocycles. The van der Waals surface area contributed by atoms with E-state index in [9.17, 15) is 0 Å². The zero-order chi connectivity index (χ0) is 21.4. The molecule has 1 fully saturated rings. The number of anilines is 2. The van der Waals surface area contributed by atoms with Crippen LogP contribution in [-0.4, -0.2) is 68.0 Å². The zero-order valence-corrected chi connectivity index (χ0v) is 18.4. The number of likely N-dealkylation sites (N-methyl/N-ethyl adjacent to an activating group) is 1. The topological polar surface area (TPSA) is 77.9 Å². The van der Waals surface area contributed by atoms with Gasteiger partial charge < -0.3 is 10.2 Å². The molecule has 1 saturated heterocycles. The fraction of sp³-hybridized carbons (Fsp3) is 0.318. The lowest BCUT2D eigenvalue weighted by molar-refractivity contribution is 0.148. The van der Waals surface area contributed by atoms with Crippen molar-refractivity contribution in [2.75, 3.05) is 38.5 Å². The standard InChI is InChI=1S/C22H25ClN8/c1-29-9-11-31(12-10-29)14-15-3-5-16(6-4-15)21-26-22(30(2)28-21)25-19-8-7-18-17(20(19)23)13-24-27-18/h3-8,13H,9-12,14H2,1-2H3,(H,24,27)(H,25,26,28). The van der Waals surface area contributed by atoms with E-state index in [1.54, 1.807) is 10.9 Å². The van der Waals surface area contributed by atoms with Gasteiger partial charge in [0.25, 0.3) is 0 Å². The summed E-state index contributed by atoms with van der Waals surface area (Å²) in [5.74, 6) is 1.30. The Balaban J connectivity index is 1.31. The van der Waals surface area contributed by atoms with Gasteiger partial charge in [-0.15, -0.1) is 5.10 Å². The molecule has 0 atom stereocenters. The predicted octanol–water partition coefficient (Wildman–Crippen LogP) is 3.50. The third-order valence-electron chi connectivity index (χ3n) is 5.78. The number of hydrogen-bond donors (Lipinski definition) is 2. The van der Waals surface area contributed by atoms with Crippen LogP contribution in [0.25, 0.3) is 22.3 Å². The highest BCUT2D eigenvalue weighted by Crippen LogP contribution is 2.32. The largest absolute Gasteiger partial charge is 0.323 e. The lowest BCUT2D eigenvalue weighted by Gasteiger charge is -2.32. The highest BCUT2D eigenvalue weighted by molar-refractivity contribution is 6.38. The maximum atomic E-state index is 6.53. The van der Waals surface area contributed by atoms with Gasteiger partial charge in [0.15, 0.2) is 5.82 Å². The summed E-state index contributed by atoms with van der Waals surface area (Å²) in [6, 6.07) is 12.4. The van der Waals surface area contributed by atoms with Crippen LogP contribution in [0.2, 0.25) is 5.02 Å². The molecule has 0 aliphatic carbocycles. The Morgan fingerprint density at radius 2 is 1.81 bits per heavy atom. The van der Waals surface area contributed by atoms with Crippen molar-refractivity contribution < 1.29 is 0 Å². The Kier molecular flexibility index (Phi) is 5.35. The smallest absolute Gasteiger partial charge is 0.225 e.